The molecule has 1 aliphatic rings. The van der Waals surface area contributed by atoms with E-state index in [1.165, 1.54) is 66.8 Å². The molecule has 0 nitrogen and oxygen atoms in total. The van der Waals surface area contributed by atoms with Gasteiger partial charge in [0.2, 0.25) is 0 Å². The quantitative estimate of drug-likeness (QED) is 0.404. The lowest BCUT2D eigenvalue weighted by molar-refractivity contribution is 0.348. The van der Waals surface area contributed by atoms with Crippen molar-refractivity contribution in [3.63, 3.8) is 0 Å². The molecule has 0 amide bonds. The minimum atomic E-state index is 0.746. The Bertz CT molecular complexity index is 1010. The normalized spacial score (nSPS) is 19.0. The first-order valence-electron chi connectivity index (χ1n) is 11.4. The lowest BCUT2D eigenvalue weighted by Crippen LogP contribution is -2.10. The zero-order valence-electron chi connectivity index (χ0n) is 17.9. The van der Waals surface area contributed by atoms with Crippen LogP contribution in [0.1, 0.15) is 80.5 Å². The number of fused-ring (bicyclic) bond motifs is 1. The van der Waals surface area contributed by atoms with Gasteiger partial charge in [0.05, 0.1) is 0 Å². The minimum absolute atomic E-state index is 0.746. The summed E-state index contributed by atoms with van der Waals surface area (Å²) < 4.78 is 0. The molecule has 1 saturated carbocycles. The summed E-state index contributed by atoms with van der Waals surface area (Å²) in [4.78, 5) is 0. The molecule has 29 heavy (non-hydrogen) atoms. The Balaban J connectivity index is 1.46. The molecule has 3 aromatic rings. The van der Waals surface area contributed by atoms with E-state index >= 15 is 0 Å². The number of rotatable bonds is 4. The number of hydrogen-bond donors (Lipinski definition) is 0. The van der Waals surface area contributed by atoms with E-state index in [1.54, 1.807) is 0 Å². The van der Waals surface area contributed by atoms with Crippen molar-refractivity contribution in [1.82, 2.24) is 0 Å². The van der Waals surface area contributed by atoms with Crippen LogP contribution in [0.25, 0.3) is 10.8 Å². The molecule has 0 bridgehead atoms. The van der Waals surface area contributed by atoms with Gasteiger partial charge in [-0.25, -0.2) is 0 Å². The minimum Gasteiger partial charge on any atom is -0.0654 e. The van der Waals surface area contributed by atoms with Crippen LogP contribution >= 0.6 is 0 Å². The molecule has 4 rings (SSSR count). The van der Waals surface area contributed by atoms with Crippen LogP contribution in [0, 0.1) is 17.8 Å². The average molecular weight is 381 g/mol. The molecule has 0 atom stereocenters. The SMILES string of the molecule is CCCCc1ccc2cc(C#Cc3ccc(C4CCC(C)CC4)cc3)ccc2c1. The maximum atomic E-state index is 3.36. The summed E-state index contributed by atoms with van der Waals surface area (Å²) in [6.07, 6.45) is 9.08. The molecule has 0 N–H and O–H groups in total. The first-order chi connectivity index (χ1) is 14.2. The van der Waals surface area contributed by atoms with E-state index in [0.29, 0.717) is 0 Å². The van der Waals surface area contributed by atoms with E-state index in [0.717, 1.165) is 23.0 Å². The van der Waals surface area contributed by atoms with Gasteiger partial charge in [0, 0.05) is 11.1 Å². The molecule has 1 fully saturated rings. The van der Waals surface area contributed by atoms with Gasteiger partial charge in [-0.05, 0) is 83.7 Å². The third kappa shape index (κ3) is 5.10. The monoisotopic (exact) mass is 380 g/mol. The predicted octanol–water partition coefficient (Wildman–Crippen LogP) is 7.88. The summed E-state index contributed by atoms with van der Waals surface area (Å²) in [6, 6.07) is 22.4. The van der Waals surface area contributed by atoms with Crippen LogP contribution in [0.4, 0.5) is 0 Å². The van der Waals surface area contributed by atoms with Crippen LogP contribution in [0.5, 0.6) is 0 Å². The smallest absolute Gasteiger partial charge is 0.0255 e. The summed E-state index contributed by atoms with van der Waals surface area (Å²) in [5.41, 5.74) is 5.12. The van der Waals surface area contributed by atoms with Crippen molar-refractivity contribution in [1.29, 1.82) is 0 Å². The van der Waals surface area contributed by atoms with Crippen LogP contribution in [-0.2, 0) is 6.42 Å². The Morgan fingerprint density at radius 2 is 1.41 bits per heavy atom. The molecule has 0 unspecified atom stereocenters. The van der Waals surface area contributed by atoms with E-state index in [1.807, 2.05) is 0 Å². The summed E-state index contributed by atoms with van der Waals surface area (Å²) >= 11 is 0. The highest BCUT2D eigenvalue weighted by molar-refractivity contribution is 5.84. The number of unbranched alkanes of at least 4 members (excludes halogenated alkanes) is 1. The molecule has 0 aliphatic heterocycles. The van der Waals surface area contributed by atoms with Crippen LogP contribution in [0.2, 0.25) is 0 Å². The largest absolute Gasteiger partial charge is 0.0654 e. The van der Waals surface area contributed by atoms with Crippen molar-refractivity contribution in [3.8, 4) is 11.8 Å². The van der Waals surface area contributed by atoms with Gasteiger partial charge in [-0.1, -0.05) is 81.3 Å². The van der Waals surface area contributed by atoms with Crippen molar-refractivity contribution in [2.75, 3.05) is 0 Å². The van der Waals surface area contributed by atoms with Crippen LogP contribution in [0.3, 0.4) is 0 Å². The maximum absolute atomic E-state index is 3.36. The highest BCUT2D eigenvalue weighted by Crippen LogP contribution is 2.35. The first kappa shape index (κ1) is 19.8. The molecule has 0 spiro atoms. The van der Waals surface area contributed by atoms with E-state index in [4.69, 9.17) is 0 Å². The Kier molecular flexibility index (Phi) is 6.36. The van der Waals surface area contributed by atoms with E-state index in [2.05, 4.69) is 86.4 Å². The molecule has 3 aromatic carbocycles. The van der Waals surface area contributed by atoms with Gasteiger partial charge in [0.1, 0.15) is 0 Å². The highest BCUT2D eigenvalue weighted by atomic mass is 14.2. The van der Waals surface area contributed by atoms with Gasteiger partial charge in [-0.2, -0.15) is 0 Å². The fourth-order valence-corrected chi connectivity index (χ4v) is 4.49. The second-order valence-corrected chi connectivity index (χ2v) is 8.83. The van der Waals surface area contributed by atoms with Gasteiger partial charge >= 0.3 is 0 Å². The van der Waals surface area contributed by atoms with Crippen molar-refractivity contribution in [2.45, 2.75) is 64.7 Å². The number of aryl methyl sites for hydroxylation is 1. The Labute approximate surface area is 176 Å². The average Bonchev–Trinajstić information content (AvgIpc) is 2.77. The molecular formula is C29H32. The molecule has 0 saturated heterocycles. The molecule has 0 heterocycles. The van der Waals surface area contributed by atoms with E-state index in [9.17, 15) is 0 Å². The molecular weight excluding hydrogens is 348 g/mol. The Morgan fingerprint density at radius 1 is 0.759 bits per heavy atom. The van der Waals surface area contributed by atoms with Gasteiger partial charge < -0.3 is 0 Å². The second-order valence-electron chi connectivity index (χ2n) is 8.83. The standard InChI is InChI=1S/C29H32/c1-3-4-5-24-12-18-29-21-25(13-19-28(29)20-24)9-8-23-10-16-27(17-11-23)26-14-6-22(2)7-15-26/h10-13,16-22,26H,3-7,14-15H2,1-2H3. The van der Waals surface area contributed by atoms with Crippen molar-refractivity contribution in [2.24, 2.45) is 5.92 Å². The number of benzene rings is 3. The predicted molar refractivity (Wildman–Crippen MR) is 125 cm³/mol. The Hall–Kier alpha value is -2.52. The summed E-state index contributed by atoms with van der Waals surface area (Å²) in [6.45, 7) is 4.63. The van der Waals surface area contributed by atoms with Crippen LogP contribution < -0.4 is 0 Å². The van der Waals surface area contributed by atoms with Gasteiger partial charge in [-0.3, -0.25) is 0 Å². The third-order valence-electron chi connectivity index (χ3n) is 6.47. The molecule has 0 heteroatoms. The second kappa shape index (κ2) is 9.32. The third-order valence-corrected chi connectivity index (χ3v) is 6.47. The Morgan fingerprint density at radius 3 is 2.17 bits per heavy atom. The fourth-order valence-electron chi connectivity index (χ4n) is 4.49. The van der Waals surface area contributed by atoms with Crippen LogP contribution in [-0.4, -0.2) is 0 Å². The maximum Gasteiger partial charge on any atom is 0.0255 e. The van der Waals surface area contributed by atoms with Gasteiger partial charge in [0.15, 0.2) is 0 Å². The topological polar surface area (TPSA) is 0 Å². The van der Waals surface area contributed by atoms with Gasteiger partial charge in [-0.15, -0.1) is 0 Å². The zero-order chi connectivity index (χ0) is 20.1. The highest BCUT2D eigenvalue weighted by Gasteiger charge is 2.19. The van der Waals surface area contributed by atoms with Crippen molar-refractivity contribution in [3.05, 3.63) is 82.9 Å². The molecule has 148 valence electrons. The van der Waals surface area contributed by atoms with Crippen LogP contribution in [0.15, 0.2) is 60.7 Å². The summed E-state index contributed by atoms with van der Waals surface area (Å²) in [5, 5.41) is 2.59. The fraction of sp³-hybridized carbons (Fsp3) is 0.379. The van der Waals surface area contributed by atoms with E-state index < -0.39 is 0 Å². The molecule has 0 radical (unpaired) electrons. The summed E-state index contributed by atoms with van der Waals surface area (Å²) in [7, 11) is 0. The van der Waals surface area contributed by atoms with E-state index in [-0.39, 0.29) is 0 Å². The lowest BCUT2D eigenvalue weighted by Gasteiger charge is -2.26. The first-order valence-corrected chi connectivity index (χ1v) is 11.4. The molecule has 0 aromatic heterocycles. The van der Waals surface area contributed by atoms with Crippen molar-refractivity contribution >= 4 is 10.8 Å². The number of hydrogen-bond acceptors (Lipinski definition) is 0. The lowest BCUT2D eigenvalue weighted by atomic mass is 9.79. The van der Waals surface area contributed by atoms with Crippen molar-refractivity contribution < 1.29 is 0 Å². The summed E-state index contributed by atoms with van der Waals surface area (Å²) in [5.74, 6) is 8.36. The zero-order valence-corrected chi connectivity index (χ0v) is 17.9. The van der Waals surface area contributed by atoms with Gasteiger partial charge in [0.25, 0.3) is 0 Å². The molecule has 1 aliphatic carbocycles.